The van der Waals surface area contributed by atoms with Crippen molar-refractivity contribution in [3.63, 3.8) is 0 Å². The smallest absolute Gasteiger partial charge is 0.410 e. The van der Waals surface area contributed by atoms with Crippen molar-refractivity contribution in [2.45, 2.75) is 59.5 Å². The first kappa shape index (κ1) is 22.9. The molecule has 1 saturated heterocycles. The van der Waals surface area contributed by atoms with E-state index in [1.807, 2.05) is 52.8 Å². The maximum atomic E-state index is 13.3. The summed E-state index contributed by atoms with van der Waals surface area (Å²) in [5.41, 5.74) is 2.22. The molecule has 0 bridgehead atoms. The van der Waals surface area contributed by atoms with Gasteiger partial charge in [-0.2, -0.15) is 0 Å². The van der Waals surface area contributed by atoms with Gasteiger partial charge in [0.2, 0.25) is 5.78 Å². The number of likely N-dealkylation sites (tertiary alicyclic amines) is 1. The van der Waals surface area contributed by atoms with Gasteiger partial charge in [-0.3, -0.25) is 4.79 Å². The predicted octanol–water partition coefficient (Wildman–Crippen LogP) is 5.79. The maximum absolute atomic E-state index is 13.3. The number of carbonyl (C=O) groups is 2. The predicted molar refractivity (Wildman–Crippen MR) is 120 cm³/mol. The summed E-state index contributed by atoms with van der Waals surface area (Å²) in [6.07, 6.45) is 2.09. The Morgan fingerprint density at radius 1 is 1.13 bits per heavy atom. The zero-order chi connectivity index (χ0) is 22.8. The average Bonchev–Trinajstić information content (AvgIpc) is 2.91. The molecule has 6 nitrogen and oxygen atoms in total. The van der Waals surface area contributed by atoms with Crippen LogP contribution in [0.25, 0.3) is 11.3 Å². The van der Waals surface area contributed by atoms with Gasteiger partial charge in [-0.1, -0.05) is 12.5 Å². The molecule has 1 fully saturated rings. The Hall–Kier alpha value is -2.76. The Morgan fingerprint density at radius 2 is 1.87 bits per heavy atom. The third-order valence-electron chi connectivity index (χ3n) is 5.46. The second kappa shape index (κ2) is 9.16. The normalized spacial score (nSPS) is 17.2. The van der Waals surface area contributed by atoms with Gasteiger partial charge in [0, 0.05) is 19.0 Å². The SMILES string of the molecule is COc1cc(C)ccc1-c1oc(C(=O)C2CCCCN(C(=O)OC(C)(C)C)C2)cc1C. The molecular formula is C25H33NO5. The molecule has 1 aliphatic heterocycles. The molecule has 1 aromatic carbocycles. The van der Waals surface area contributed by atoms with E-state index in [1.54, 1.807) is 18.1 Å². The van der Waals surface area contributed by atoms with Crippen molar-refractivity contribution in [3.05, 3.63) is 41.2 Å². The van der Waals surface area contributed by atoms with Gasteiger partial charge >= 0.3 is 6.09 Å². The van der Waals surface area contributed by atoms with Gasteiger partial charge in [-0.15, -0.1) is 0 Å². The van der Waals surface area contributed by atoms with Crippen molar-refractivity contribution in [2.75, 3.05) is 20.2 Å². The van der Waals surface area contributed by atoms with E-state index in [4.69, 9.17) is 13.9 Å². The topological polar surface area (TPSA) is 69.0 Å². The molecule has 1 atom stereocenters. The summed E-state index contributed by atoms with van der Waals surface area (Å²) in [6.45, 7) is 10.4. The zero-order valence-corrected chi connectivity index (χ0v) is 19.4. The molecule has 6 heteroatoms. The highest BCUT2D eigenvalue weighted by Crippen LogP contribution is 2.36. The lowest BCUT2D eigenvalue weighted by Gasteiger charge is -2.27. The quantitative estimate of drug-likeness (QED) is 0.578. The summed E-state index contributed by atoms with van der Waals surface area (Å²) in [5, 5.41) is 0. The minimum atomic E-state index is -0.566. The summed E-state index contributed by atoms with van der Waals surface area (Å²) in [5.74, 6) is 1.29. The van der Waals surface area contributed by atoms with Gasteiger partial charge in [-0.05, 0) is 76.8 Å². The number of ether oxygens (including phenoxy) is 2. The summed E-state index contributed by atoms with van der Waals surface area (Å²) in [6, 6.07) is 7.68. The highest BCUT2D eigenvalue weighted by atomic mass is 16.6. The Bertz CT molecular complexity index is 953. The van der Waals surface area contributed by atoms with Crippen LogP contribution in [0.5, 0.6) is 5.75 Å². The molecule has 31 heavy (non-hydrogen) atoms. The lowest BCUT2D eigenvalue weighted by Crippen LogP contribution is -2.40. The van der Waals surface area contributed by atoms with Gasteiger partial charge in [0.05, 0.1) is 12.7 Å². The molecule has 1 unspecified atom stereocenters. The molecule has 0 radical (unpaired) electrons. The number of nitrogens with zero attached hydrogens (tertiary/aromatic N) is 1. The third-order valence-corrected chi connectivity index (χ3v) is 5.46. The molecule has 0 spiro atoms. The van der Waals surface area contributed by atoms with Crippen LogP contribution in [-0.2, 0) is 4.74 Å². The van der Waals surface area contributed by atoms with E-state index in [1.165, 1.54) is 0 Å². The van der Waals surface area contributed by atoms with Gasteiger partial charge in [0.15, 0.2) is 5.76 Å². The number of ketones is 1. The fourth-order valence-electron chi connectivity index (χ4n) is 3.91. The molecule has 1 aliphatic rings. The number of furan rings is 1. The third kappa shape index (κ3) is 5.49. The Morgan fingerprint density at radius 3 is 2.55 bits per heavy atom. The number of rotatable bonds is 4. The molecule has 168 valence electrons. The number of methoxy groups -OCH3 is 1. The van der Waals surface area contributed by atoms with Crippen LogP contribution in [0.3, 0.4) is 0 Å². The van der Waals surface area contributed by atoms with Gasteiger partial charge in [0.25, 0.3) is 0 Å². The molecule has 3 rings (SSSR count). The molecule has 1 aromatic heterocycles. The van der Waals surface area contributed by atoms with Gasteiger partial charge < -0.3 is 18.8 Å². The van der Waals surface area contributed by atoms with E-state index in [0.717, 1.165) is 36.0 Å². The van der Waals surface area contributed by atoms with E-state index in [9.17, 15) is 9.59 Å². The van der Waals surface area contributed by atoms with E-state index in [2.05, 4.69) is 0 Å². The number of amides is 1. The Balaban J connectivity index is 1.83. The highest BCUT2D eigenvalue weighted by Gasteiger charge is 2.32. The highest BCUT2D eigenvalue weighted by molar-refractivity contribution is 5.96. The average molecular weight is 428 g/mol. The first-order chi connectivity index (χ1) is 14.6. The zero-order valence-electron chi connectivity index (χ0n) is 19.4. The summed E-state index contributed by atoms with van der Waals surface area (Å²) < 4.78 is 17.1. The van der Waals surface area contributed by atoms with E-state index in [0.29, 0.717) is 30.4 Å². The molecule has 2 heterocycles. The van der Waals surface area contributed by atoms with Crippen molar-refractivity contribution >= 4 is 11.9 Å². The molecular weight excluding hydrogens is 394 g/mol. The summed E-state index contributed by atoms with van der Waals surface area (Å²) >= 11 is 0. The van der Waals surface area contributed by atoms with Crippen LogP contribution in [0, 0.1) is 19.8 Å². The van der Waals surface area contributed by atoms with E-state index >= 15 is 0 Å². The number of hydrogen-bond acceptors (Lipinski definition) is 5. The van der Waals surface area contributed by atoms with Crippen LogP contribution < -0.4 is 4.74 Å². The van der Waals surface area contributed by atoms with Gasteiger partial charge in [-0.25, -0.2) is 4.79 Å². The van der Waals surface area contributed by atoms with Crippen molar-refractivity contribution in [1.82, 2.24) is 4.90 Å². The second-order valence-electron chi connectivity index (χ2n) is 9.31. The lowest BCUT2D eigenvalue weighted by molar-refractivity contribution is 0.0235. The van der Waals surface area contributed by atoms with Crippen LogP contribution in [0.2, 0.25) is 0 Å². The maximum Gasteiger partial charge on any atom is 0.410 e. The molecule has 1 amide bonds. The van der Waals surface area contributed by atoms with Crippen molar-refractivity contribution in [3.8, 4) is 17.1 Å². The van der Waals surface area contributed by atoms with Crippen LogP contribution >= 0.6 is 0 Å². The first-order valence-corrected chi connectivity index (χ1v) is 10.9. The van der Waals surface area contributed by atoms with E-state index < -0.39 is 5.60 Å². The summed E-state index contributed by atoms with van der Waals surface area (Å²) in [4.78, 5) is 27.5. The molecule has 2 aromatic rings. The largest absolute Gasteiger partial charge is 0.496 e. The van der Waals surface area contributed by atoms with Crippen LogP contribution in [0.1, 0.15) is 61.7 Å². The lowest BCUT2D eigenvalue weighted by atomic mass is 9.96. The standard InChI is InChI=1S/C25H33NO5/c1-16-10-11-19(20(13-16)29-6)23-17(2)14-21(30-23)22(27)18-9-7-8-12-26(15-18)24(28)31-25(3,4)5/h10-11,13-14,18H,7-9,12,15H2,1-6H3. The number of carbonyl (C=O) groups excluding carboxylic acids is 2. The minimum Gasteiger partial charge on any atom is -0.496 e. The van der Waals surface area contributed by atoms with E-state index in [-0.39, 0.29) is 17.8 Å². The fraction of sp³-hybridized carbons (Fsp3) is 0.520. The van der Waals surface area contributed by atoms with Gasteiger partial charge in [0.1, 0.15) is 17.1 Å². The number of aryl methyl sites for hydroxylation is 2. The van der Waals surface area contributed by atoms with Crippen LogP contribution in [-0.4, -0.2) is 42.6 Å². The molecule has 0 N–H and O–H groups in total. The monoisotopic (exact) mass is 427 g/mol. The fourth-order valence-corrected chi connectivity index (χ4v) is 3.91. The first-order valence-electron chi connectivity index (χ1n) is 10.9. The number of benzene rings is 1. The minimum absolute atomic E-state index is 0.0733. The van der Waals surface area contributed by atoms with Crippen molar-refractivity contribution in [1.29, 1.82) is 0 Å². The Labute approximate surface area is 184 Å². The Kier molecular flexibility index (Phi) is 6.77. The molecule has 0 aliphatic carbocycles. The molecule has 0 saturated carbocycles. The van der Waals surface area contributed by atoms with Crippen LogP contribution in [0.15, 0.2) is 28.7 Å². The number of hydrogen-bond donors (Lipinski definition) is 0. The second-order valence-corrected chi connectivity index (χ2v) is 9.31. The summed E-state index contributed by atoms with van der Waals surface area (Å²) in [7, 11) is 1.62. The van der Waals surface area contributed by atoms with Crippen molar-refractivity contribution in [2.24, 2.45) is 5.92 Å². The van der Waals surface area contributed by atoms with Crippen molar-refractivity contribution < 1.29 is 23.5 Å². The number of Topliss-reactive ketones (excluding diaryl/α,β-unsaturated/α-hetero) is 1. The van der Waals surface area contributed by atoms with Crippen LogP contribution in [0.4, 0.5) is 4.79 Å².